The summed E-state index contributed by atoms with van der Waals surface area (Å²) in [6, 6.07) is 61.1. The quantitative estimate of drug-likeness (QED) is 0.167. The van der Waals surface area contributed by atoms with Crippen LogP contribution < -0.4 is 0 Å². The molecule has 0 spiro atoms. The van der Waals surface area contributed by atoms with Crippen molar-refractivity contribution in [3.05, 3.63) is 228 Å². The van der Waals surface area contributed by atoms with Gasteiger partial charge in [-0.3, -0.25) is 4.57 Å². The summed E-state index contributed by atoms with van der Waals surface area (Å²) in [5.74, 6) is 2.31. The topological polar surface area (TPSA) is 61.7 Å². The SMILES string of the molecule is C[C@H]1CC=CC=C1C1=CC=C(c2cc(-n3c4ccccc4c4ccc5c6ccccc6n(-c6nc(-c7ccccc7)nc(-c7ccc8c(c7)C(C)(C)c7ccccc7-8)n6)c5c43)c3oc4ccccc4c3c2)CC1. The van der Waals surface area contributed by atoms with Crippen molar-refractivity contribution in [2.45, 2.75) is 45.4 Å². The lowest BCUT2D eigenvalue weighted by atomic mass is 9.82. The summed E-state index contributed by atoms with van der Waals surface area (Å²) in [6.07, 6.45) is 14.6. The average molecular weight is 940 g/mol. The predicted octanol–water partition coefficient (Wildman–Crippen LogP) is 17.2. The van der Waals surface area contributed by atoms with Crippen LogP contribution in [-0.2, 0) is 5.41 Å². The highest BCUT2D eigenvalue weighted by Crippen LogP contribution is 2.50. The first kappa shape index (κ1) is 41.9. The third-order valence-corrected chi connectivity index (χ3v) is 16.2. The molecule has 0 amide bonds. The fourth-order valence-corrected chi connectivity index (χ4v) is 12.6. The highest BCUT2D eigenvalue weighted by molar-refractivity contribution is 6.24. The fourth-order valence-electron chi connectivity index (χ4n) is 12.6. The molecule has 12 aromatic rings. The molecular weight excluding hydrogens is 891 g/mol. The first-order valence-electron chi connectivity index (χ1n) is 25.6. The largest absolute Gasteiger partial charge is 0.454 e. The minimum absolute atomic E-state index is 0.190. The Balaban J connectivity index is 1.02. The molecule has 73 heavy (non-hydrogen) atoms. The van der Waals surface area contributed by atoms with E-state index in [1.165, 1.54) is 44.5 Å². The Morgan fingerprint density at radius 1 is 0.507 bits per heavy atom. The smallest absolute Gasteiger partial charge is 0.238 e. The van der Waals surface area contributed by atoms with Crippen LogP contribution in [0.2, 0.25) is 0 Å². The van der Waals surface area contributed by atoms with Crippen LogP contribution in [0.15, 0.2) is 216 Å². The molecule has 15 rings (SSSR count). The van der Waals surface area contributed by atoms with E-state index in [9.17, 15) is 0 Å². The Morgan fingerprint density at radius 3 is 1.92 bits per heavy atom. The van der Waals surface area contributed by atoms with Crippen LogP contribution in [0.5, 0.6) is 0 Å². The molecule has 0 unspecified atom stereocenters. The van der Waals surface area contributed by atoms with Crippen LogP contribution >= 0.6 is 0 Å². The Hall–Kier alpha value is -8.87. The van der Waals surface area contributed by atoms with Crippen LogP contribution in [0.25, 0.3) is 117 Å². The third kappa shape index (κ3) is 6.26. The van der Waals surface area contributed by atoms with Gasteiger partial charge in [0.2, 0.25) is 5.95 Å². The number of para-hydroxylation sites is 3. The summed E-state index contributed by atoms with van der Waals surface area (Å²) in [5.41, 5.74) is 19.1. The van der Waals surface area contributed by atoms with Gasteiger partial charge in [0.25, 0.3) is 0 Å². The number of furan rings is 1. The summed E-state index contributed by atoms with van der Waals surface area (Å²) < 4.78 is 11.8. The molecule has 348 valence electrons. The first-order valence-corrected chi connectivity index (χ1v) is 25.6. The lowest BCUT2D eigenvalue weighted by Gasteiger charge is -2.23. The second-order valence-corrected chi connectivity index (χ2v) is 20.7. The number of benzene rings is 8. The standard InChI is InChI=1S/C67H49N5O/c1-40-17-7-8-20-46(40)42-31-29-41(30-32-42)45-37-54-51-24-12-16-28-60(51)73-63(54)59(39-45)71-57-26-14-10-22-49(57)52-35-36-53-50-23-11-15-27-58(50)72(62(53)61(52)71)66-69-64(43-18-5-4-6-19-43)68-65(70-66)44-33-34-48-47-21-9-13-25-55(47)67(2,3)56(48)38-44/h4-16,18-29,31,33-40H,17,30,32H2,1-3H3/t40-/m0/s1. The van der Waals surface area contributed by atoms with E-state index in [4.69, 9.17) is 19.4 Å². The van der Waals surface area contributed by atoms with Crippen molar-refractivity contribution < 1.29 is 4.42 Å². The van der Waals surface area contributed by atoms with Crippen molar-refractivity contribution in [2.75, 3.05) is 0 Å². The average Bonchev–Trinajstić information content (AvgIpc) is 4.21. The van der Waals surface area contributed by atoms with E-state index in [2.05, 4.69) is 212 Å². The van der Waals surface area contributed by atoms with Gasteiger partial charge in [-0.05, 0) is 106 Å². The maximum absolute atomic E-state index is 7.03. The highest BCUT2D eigenvalue weighted by atomic mass is 16.3. The van der Waals surface area contributed by atoms with Gasteiger partial charge in [-0.25, -0.2) is 4.98 Å². The van der Waals surface area contributed by atoms with Gasteiger partial charge in [0.05, 0.1) is 27.8 Å². The van der Waals surface area contributed by atoms with Crippen LogP contribution in [0.1, 0.15) is 56.7 Å². The lowest BCUT2D eigenvalue weighted by molar-refractivity contribution is 0.660. The normalized spacial score (nSPS) is 16.2. The van der Waals surface area contributed by atoms with E-state index in [0.717, 1.165) is 102 Å². The Labute approximate surface area is 422 Å². The zero-order chi connectivity index (χ0) is 48.5. The minimum Gasteiger partial charge on any atom is -0.454 e. The van der Waals surface area contributed by atoms with Gasteiger partial charge in [0, 0.05) is 48.9 Å². The maximum Gasteiger partial charge on any atom is 0.238 e. The molecular formula is C67H49N5O. The first-order chi connectivity index (χ1) is 35.9. The second kappa shape index (κ2) is 15.8. The molecule has 0 radical (unpaired) electrons. The number of allylic oxidation sites excluding steroid dienone is 8. The summed E-state index contributed by atoms with van der Waals surface area (Å²) in [5, 5.41) is 6.72. The van der Waals surface area contributed by atoms with Gasteiger partial charge >= 0.3 is 0 Å². The highest BCUT2D eigenvalue weighted by Gasteiger charge is 2.36. The Morgan fingerprint density at radius 2 is 1.15 bits per heavy atom. The monoisotopic (exact) mass is 939 g/mol. The van der Waals surface area contributed by atoms with Gasteiger partial charge in [0.15, 0.2) is 17.2 Å². The molecule has 1 atom stereocenters. The summed E-state index contributed by atoms with van der Waals surface area (Å²) in [4.78, 5) is 16.3. The maximum atomic E-state index is 7.03. The fraction of sp³-hybridized carbons (Fsp3) is 0.119. The van der Waals surface area contributed by atoms with Gasteiger partial charge < -0.3 is 8.98 Å². The zero-order valence-electron chi connectivity index (χ0n) is 40.9. The molecule has 4 aromatic heterocycles. The molecule has 6 heteroatoms. The molecule has 0 aliphatic heterocycles. The second-order valence-electron chi connectivity index (χ2n) is 20.7. The van der Waals surface area contributed by atoms with Gasteiger partial charge in [-0.15, -0.1) is 0 Å². The molecule has 0 fully saturated rings. The van der Waals surface area contributed by atoms with E-state index in [-0.39, 0.29) is 5.41 Å². The third-order valence-electron chi connectivity index (χ3n) is 16.2. The molecule has 4 heterocycles. The summed E-state index contributed by atoms with van der Waals surface area (Å²) in [7, 11) is 0. The van der Waals surface area contributed by atoms with Crippen molar-refractivity contribution >= 4 is 71.1 Å². The van der Waals surface area contributed by atoms with Crippen molar-refractivity contribution in [1.29, 1.82) is 0 Å². The number of aromatic nitrogens is 5. The van der Waals surface area contributed by atoms with Crippen LogP contribution in [-0.4, -0.2) is 24.1 Å². The van der Waals surface area contributed by atoms with Crippen LogP contribution in [0, 0.1) is 5.92 Å². The number of rotatable bonds is 6. The van der Waals surface area contributed by atoms with Gasteiger partial charge in [0.1, 0.15) is 5.58 Å². The molecule has 0 saturated heterocycles. The van der Waals surface area contributed by atoms with Crippen molar-refractivity contribution in [1.82, 2.24) is 24.1 Å². The summed E-state index contributed by atoms with van der Waals surface area (Å²) >= 11 is 0. The van der Waals surface area contributed by atoms with Crippen molar-refractivity contribution in [3.8, 4) is 45.5 Å². The van der Waals surface area contributed by atoms with E-state index >= 15 is 0 Å². The molecule has 3 aliphatic rings. The minimum atomic E-state index is -0.190. The van der Waals surface area contributed by atoms with Gasteiger partial charge in [-0.1, -0.05) is 185 Å². The molecule has 0 bridgehead atoms. The van der Waals surface area contributed by atoms with Crippen molar-refractivity contribution in [2.24, 2.45) is 5.92 Å². The summed E-state index contributed by atoms with van der Waals surface area (Å²) in [6.45, 7) is 6.98. The van der Waals surface area contributed by atoms with E-state index in [1.54, 1.807) is 0 Å². The van der Waals surface area contributed by atoms with E-state index in [0.29, 0.717) is 23.5 Å². The number of nitrogens with zero attached hydrogens (tertiary/aromatic N) is 5. The van der Waals surface area contributed by atoms with Crippen molar-refractivity contribution in [3.63, 3.8) is 0 Å². The van der Waals surface area contributed by atoms with Crippen LogP contribution in [0.4, 0.5) is 0 Å². The lowest BCUT2D eigenvalue weighted by Crippen LogP contribution is -2.15. The van der Waals surface area contributed by atoms with Crippen LogP contribution in [0.3, 0.4) is 0 Å². The van der Waals surface area contributed by atoms with E-state index < -0.39 is 0 Å². The molecule has 3 aliphatic carbocycles. The predicted molar refractivity (Wildman–Crippen MR) is 301 cm³/mol. The molecule has 8 aromatic carbocycles. The van der Waals surface area contributed by atoms with E-state index in [1.807, 2.05) is 18.2 Å². The molecule has 6 nitrogen and oxygen atoms in total. The molecule has 0 saturated carbocycles. The number of hydrogen-bond acceptors (Lipinski definition) is 4. The Kier molecular flexibility index (Phi) is 9.07. The number of hydrogen-bond donors (Lipinski definition) is 0. The van der Waals surface area contributed by atoms with Gasteiger partial charge in [-0.2, -0.15) is 9.97 Å². The Bertz CT molecular complexity index is 4460. The molecule has 0 N–H and O–H groups in total. The zero-order valence-corrected chi connectivity index (χ0v) is 40.9. The number of fused-ring (bicyclic) bond motifs is 13.